The zero-order chi connectivity index (χ0) is 20.4. The van der Waals surface area contributed by atoms with Crippen molar-refractivity contribution in [1.82, 2.24) is 14.7 Å². The summed E-state index contributed by atoms with van der Waals surface area (Å²) in [6, 6.07) is 10.0. The van der Waals surface area contributed by atoms with Crippen LogP contribution in [0.2, 0.25) is 0 Å². The summed E-state index contributed by atoms with van der Waals surface area (Å²) in [5.41, 5.74) is 2.86. The number of rotatable bonds is 5. The van der Waals surface area contributed by atoms with Gasteiger partial charge in [0.2, 0.25) is 9.84 Å². The monoisotopic (exact) mass is 405 g/mol. The van der Waals surface area contributed by atoms with Gasteiger partial charge in [-0.1, -0.05) is 36.4 Å². The second kappa shape index (κ2) is 7.52. The fourth-order valence-corrected chi connectivity index (χ4v) is 4.52. The van der Waals surface area contributed by atoms with Crippen LogP contribution in [0.3, 0.4) is 0 Å². The molecule has 6 nitrogen and oxygen atoms in total. The van der Waals surface area contributed by atoms with Crippen LogP contribution in [-0.4, -0.2) is 23.7 Å². The number of amides is 1. The molecule has 0 radical (unpaired) electrons. The molecule has 0 saturated heterocycles. The van der Waals surface area contributed by atoms with Gasteiger partial charge >= 0.3 is 0 Å². The van der Waals surface area contributed by atoms with E-state index in [1.54, 1.807) is 77.6 Å². The molecule has 2 heterocycles. The maximum Gasteiger partial charge on any atom is 0.253 e. The smallest absolute Gasteiger partial charge is 0.253 e. The highest BCUT2D eigenvalue weighted by atomic mass is 32.2. The third kappa shape index (κ3) is 3.90. The van der Waals surface area contributed by atoms with E-state index in [4.69, 9.17) is 0 Å². The number of aromatic nitrogens is 2. The van der Waals surface area contributed by atoms with Crippen molar-refractivity contribution in [2.24, 2.45) is 0 Å². The summed E-state index contributed by atoms with van der Waals surface area (Å²) in [4.78, 5) is 17.1. The quantitative estimate of drug-likeness (QED) is 0.705. The number of benzene rings is 1. The first-order valence-electron chi connectivity index (χ1n) is 9.03. The molecule has 1 aliphatic carbocycles. The molecule has 0 bridgehead atoms. The molecule has 3 aromatic rings. The minimum Gasteiger partial charge on any atom is -0.348 e. The third-order valence-electron chi connectivity index (χ3n) is 4.70. The summed E-state index contributed by atoms with van der Waals surface area (Å²) < 4.78 is 27.3. The number of fused-ring (bicyclic) bond motifs is 1. The molecule has 0 fully saturated rings. The molecule has 0 unspecified atom stereocenters. The Kier molecular flexibility index (Phi) is 4.90. The molecule has 146 valence electrons. The minimum atomic E-state index is -3.55. The van der Waals surface area contributed by atoms with Crippen LogP contribution in [0.4, 0.5) is 0 Å². The molecular formula is C22H19N3O3S. The molecule has 4 rings (SSSR count). The van der Waals surface area contributed by atoms with Gasteiger partial charge in [-0.05, 0) is 35.9 Å². The minimum absolute atomic E-state index is 0.213. The number of carbonyl (C=O) groups excluding carboxylic acids is 1. The predicted octanol–water partition coefficient (Wildman–Crippen LogP) is 3.44. The predicted molar refractivity (Wildman–Crippen MR) is 111 cm³/mol. The fourth-order valence-electron chi connectivity index (χ4n) is 3.09. The van der Waals surface area contributed by atoms with Crippen molar-refractivity contribution >= 4 is 21.4 Å². The van der Waals surface area contributed by atoms with Crippen molar-refractivity contribution in [3.8, 4) is 0 Å². The van der Waals surface area contributed by atoms with Crippen LogP contribution >= 0.6 is 0 Å². The fraction of sp³-hybridized carbons (Fsp3) is 0.0909. The van der Waals surface area contributed by atoms with Crippen molar-refractivity contribution in [1.29, 1.82) is 0 Å². The molecule has 1 N–H and O–H groups in total. The Morgan fingerprint density at radius 2 is 1.97 bits per heavy atom. The maximum absolute atomic E-state index is 12.8. The molecule has 1 aromatic carbocycles. The van der Waals surface area contributed by atoms with Crippen molar-refractivity contribution in [3.05, 3.63) is 101 Å². The molecular weight excluding hydrogens is 386 g/mol. The molecule has 0 saturated carbocycles. The lowest BCUT2D eigenvalue weighted by Crippen LogP contribution is -2.23. The maximum atomic E-state index is 12.8. The molecule has 29 heavy (non-hydrogen) atoms. The Hall–Kier alpha value is -3.45. The number of pyridine rings is 1. The molecule has 0 atom stereocenters. The van der Waals surface area contributed by atoms with Gasteiger partial charge in [-0.25, -0.2) is 13.4 Å². The van der Waals surface area contributed by atoms with Crippen LogP contribution < -0.4 is 5.32 Å². The van der Waals surface area contributed by atoms with E-state index >= 15 is 0 Å². The Bertz CT molecular complexity index is 1270. The second-order valence-corrected chi connectivity index (χ2v) is 8.77. The number of hydrogen-bond acceptors (Lipinski definition) is 4. The van der Waals surface area contributed by atoms with Crippen LogP contribution in [0.25, 0.3) is 5.65 Å². The van der Waals surface area contributed by atoms with Crippen molar-refractivity contribution in [2.45, 2.75) is 17.9 Å². The van der Waals surface area contributed by atoms with E-state index in [9.17, 15) is 13.2 Å². The molecule has 1 amide bonds. The SMILES string of the molecule is C=C1C=CC=C(S(=O)(=O)c2ccc(CNC(=O)c3ccc4nccn4c3)cc2)C1. The second-order valence-electron chi connectivity index (χ2n) is 6.77. The highest BCUT2D eigenvalue weighted by Crippen LogP contribution is 2.27. The highest BCUT2D eigenvalue weighted by Gasteiger charge is 2.21. The van der Waals surface area contributed by atoms with E-state index in [-0.39, 0.29) is 10.8 Å². The number of sulfone groups is 1. The first kappa shape index (κ1) is 18.9. The van der Waals surface area contributed by atoms with E-state index in [1.165, 1.54) is 0 Å². The normalized spacial score (nSPS) is 14.1. The van der Waals surface area contributed by atoms with Crippen LogP contribution in [-0.2, 0) is 16.4 Å². The summed E-state index contributed by atoms with van der Waals surface area (Å²) in [7, 11) is -3.55. The Morgan fingerprint density at radius 1 is 1.17 bits per heavy atom. The summed E-state index contributed by atoms with van der Waals surface area (Å²) in [5, 5.41) is 2.85. The molecule has 1 aliphatic rings. The van der Waals surface area contributed by atoms with Gasteiger partial charge < -0.3 is 9.72 Å². The van der Waals surface area contributed by atoms with E-state index in [2.05, 4.69) is 16.9 Å². The number of imidazole rings is 1. The first-order valence-corrected chi connectivity index (χ1v) is 10.5. The number of hydrogen-bond donors (Lipinski definition) is 1. The van der Waals surface area contributed by atoms with E-state index in [0.717, 1.165) is 16.8 Å². The van der Waals surface area contributed by atoms with Gasteiger partial charge in [0.15, 0.2) is 0 Å². The number of nitrogens with one attached hydrogen (secondary N) is 1. The van der Waals surface area contributed by atoms with Crippen LogP contribution in [0.15, 0.2) is 95.2 Å². The molecule has 2 aromatic heterocycles. The van der Waals surface area contributed by atoms with Gasteiger partial charge in [-0.2, -0.15) is 0 Å². The van der Waals surface area contributed by atoms with Gasteiger partial charge in [-0.15, -0.1) is 0 Å². The zero-order valence-electron chi connectivity index (χ0n) is 15.6. The summed E-state index contributed by atoms with van der Waals surface area (Å²) in [6.07, 6.45) is 10.6. The topological polar surface area (TPSA) is 80.5 Å². The number of allylic oxidation sites excluding steroid dienone is 5. The van der Waals surface area contributed by atoms with Crippen molar-refractivity contribution < 1.29 is 13.2 Å². The standard InChI is InChI=1S/C22H19N3O3S/c1-16-3-2-4-20(13-16)29(27,28)19-8-5-17(6-9-19)14-24-22(26)18-7-10-21-23-11-12-25(21)15-18/h2-12,15H,1,13-14H2,(H,24,26). The van der Waals surface area contributed by atoms with Gasteiger partial charge in [0, 0.05) is 31.6 Å². The zero-order valence-corrected chi connectivity index (χ0v) is 16.4. The van der Waals surface area contributed by atoms with Gasteiger partial charge in [0.1, 0.15) is 5.65 Å². The lowest BCUT2D eigenvalue weighted by molar-refractivity contribution is 0.0950. The lowest BCUT2D eigenvalue weighted by atomic mass is 10.1. The number of carbonyl (C=O) groups is 1. The average Bonchev–Trinajstić information content (AvgIpc) is 3.20. The number of nitrogens with zero attached hydrogens (tertiary/aromatic N) is 2. The van der Waals surface area contributed by atoms with Gasteiger partial charge in [0.05, 0.1) is 15.4 Å². The van der Waals surface area contributed by atoms with Crippen LogP contribution in [0, 0.1) is 0 Å². The summed E-state index contributed by atoms with van der Waals surface area (Å²) in [5.74, 6) is -0.213. The molecule has 0 spiro atoms. The van der Waals surface area contributed by atoms with Crippen LogP contribution in [0.5, 0.6) is 0 Å². The largest absolute Gasteiger partial charge is 0.348 e. The first-order chi connectivity index (χ1) is 13.9. The van der Waals surface area contributed by atoms with Gasteiger partial charge in [-0.3, -0.25) is 4.79 Å². The summed E-state index contributed by atoms with van der Waals surface area (Å²) >= 11 is 0. The van der Waals surface area contributed by atoms with E-state index < -0.39 is 9.84 Å². The summed E-state index contributed by atoms with van der Waals surface area (Å²) in [6.45, 7) is 4.12. The molecule has 0 aliphatic heterocycles. The van der Waals surface area contributed by atoms with Gasteiger partial charge in [0.25, 0.3) is 5.91 Å². The van der Waals surface area contributed by atoms with Crippen LogP contribution in [0.1, 0.15) is 22.3 Å². The molecule has 7 heteroatoms. The van der Waals surface area contributed by atoms with Crippen molar-refractivity contribution in [2.75, 3.05) is 0 Å². The van der Waals surface area contributed by atoms with Crippen molar-refractivity contribution in [3.63, 3.8) is 0 Å². The highest BCUT2D eigenvalue weighted by molar-refractivity contribution is 7.95. The van der Waals surface area contributed by atoms with E-state index in [0.29, 0.717) is 23.4 Å². The Balaban J connectivity index is 1.44. The average molecular weight is 405 g/mol. The lowest BCUT2D eigenvalue weighted by Gasteiger charge is -2.12. The Labute approximate surface area is 168 Å². The Morgan fingerprint density at radius 3 is 2.72 bits per heavy atom. The third-order valence-corrected chi connectivity index (χ3v) is 6.56. The van der Waals surface area contributed by atoms with E-state index in [1.807, 2.05) is 0 Å².